The van der Waals surface area contributed by atoms with Gasteiger partial charge in [0.2, 0.25) is 0 Å². The second-order valence-corrected chi connectivity index (χ2v) is 16.2. The number of ether oxygens (including phenoxy) is 3. The fourth-order valence-electron chi connectivity index (χ4n) is 4.11. The molecule has 10 heteroatoms. The average Bonchev–Trinajstić information content (AvgIpc) is 2.92. The highest BCUT2D eigenvalue weighted by molar-refractivity contribution is 6.76. The predicted molar refractivity (Wildman–Crippen MR) is 157 cm³/mol. The van der Waals surface area contributed by atoms with Crippen LogP contribution in [0.1, 0.15) is 15.9 Å². The Morgan fingerprint density at radius 2 is 1.85 bits per heavy atom. The third-order valence-corrected chi connectivity index (χ3v) is 8.11. The summed E-state index contributed by atoms with van der Waals surface area (Å²) in [6, 6.07) is 17.6. The van der Waals surface area contributed by atoms with Gasteiger partial charge in [-0.1, -0.05) is 43.9 Å². The maximum absolute atomic E-state index is 14.7. The van der Waals surface area contributed by atoms with E-state index in [1.165, 1.54) is 23.0 Å². The molecule has 1 amide bonds. The van der Waals surface area contributed by atoms with Crippen LogP contribution in [0.5, 0.6) is 11.5 Å². The van der Waals surface area contributed by atoms with E-state index in [1.807, 2.05) is 24.3 Å². The third-order valence-electron chi connectivity index (χ3n) is 6.40. The molecule has 0 saturated heterocycles. The van der Waals surface area contributed by atoms with Crippen molar-refractivity contribution in [1.82, 2.24) is 9.55 Å². The van der Waals surface area contributed by atoms with Crippen molar-refractivity contribution in [2.24, 2.45) is 0 Å². The molecule has 1 heterocycles. The smallest absolute Gasteiger partial charge is 0.263 e. The van der Waals surface area contributed by atoms with Crippen LogP contribution in [0.3, 0.4) is 0 Å². The molecule has 40 heavy (non-hydrogen) atoms. The number of aryl methyl sites for hydroxylation is 2. The first-order valence-electron chi connectivity index (χ1n) is 13.1. The fourth-order valence-corrected chi connectivity index (χ4v) is 4.87. The molecule has 0 fully saturated rings. The number of hydrogen-bond acceptors (Lipinski definition) is 6. The van der Waals surface area contributed by atoms with Crippen LogP contribution >= 0.6 is 0 Å². The number of carbonyl (C=O) groups is 1. The molecule has 0 aliphatic carbocycles. The van der Waals surface area contributed by atoms with Crippen molar-refractivity contribution in [3.63, 3.8) is 0 Å². The van der Waals surface area contributed by atoms with Gasteiger partial charge in [-0.3, -0.25) is 14.2 Å². The van der Waals surface area contributed by atoms with Gasteiger partial charge in [-0.25, -0.2) is 9.37 Å². The first-order chi connectivity index (χ1) is 19.2. The number of aromatic nitrogens is 2. The first-order valence-corrected chi connectivity index (χ1v) is 16.8. The number of methoxy groups -OCH3 is 1. The van der Waals surface area contributed by atoms with Crippen molar-refractivity contribution in [3.8, 4) is 11.5 Å². The van der Waals surface area contributed by atoms with Gasteiger partial charge < -0.3 is 19.5 Å². The van der Waals surface area contributed by atoms with Crippen molar-refractivity contribution in [3.05, 3.63) is 94.3 Å². The van der Waals surface area contributed by atoms with E-state index in [1.54, 1.807) is 25.3 Å². The highest BCUT2D eigenvalue weighted by Gasteiger charge is 2.16. The van der Waals surface area contributed by atoms with Crippen LogP contribution in [0.15, 0.2) is 71.8 Å². The van der Waals surface area contributed by atoms with Gasteiger partial charge in [0.1, 0.15) is 5.75 Å². The van der Waals surface area contributed by atoms with Crippen molar-refractivity contribution in [1.29, 1.82) is 0 Å². The number of carbonyl (C=O) groups excluding carboxylic acids is 1. The average molecular weight is 564 g/mol. The molecular weight excluding hydrogens is 529 g/mol. The minimum Gasteiger partial charge on any atom is -0.496 e. The number of anilines is 1. The maximum Gasteiger partial charge on any atom is 0.263 e. The largest absolute Gasteiger partial charge is 0.496 e. The van der Waals surface area contributed by atoms with Gasteiger partial charge in [-0.15, -0.1) is 0 Å². The van der Waals surface area contributed by atoms with Crippen LogP contribution in [0.25, 0.3) is 10.9 Å². The normalized spacial score (nSPS) is 11.4. The molecule has 3 aromatic carbocycles. The zero-order valence-corrected chi connectivity index (χ0v) is 24.2. The van der Waals surface area contributed by atoms with Crippen LogP contribution < -0.4 is 20.3 Å². The number of halogens is 1. The van der Waals surface area contributed by atoms with E-state index in [2.05, 4.69) is 29.9 Å². The number of nitrogens with zero attached hydrogens (tertiary/aromatic N) is 2. The molecule has 8 nitrogen and oxygen atoms in total. The number of benzene rings is 3. The second-order valence-electron chi connectivity index (χ2n) is 10.6. The molecule has 0 unspecified atom stereocenters. The van der Waals surface area contributed by atoms with E-state index >= 15 is 0 Å². The maximum atomic E-state index is 14.7. The summed E-state index contributed by atoms with van der Waals surface area (Å²) < 4.78 is 32.4. The van der Waals surface area contributed by atoms with Crippen molar-refractivity contribution in [2.45, 2.75) is 38.7 Å². The molecule has 4 rings (SSSR count). The lowest BCUT2D eigenvalue weighted by Crippen LogP contribution is -2.23. The summed E-state index contributed by atoms with van der Waals surface area (Å²) in [6.07, 6.45) is 2.05. The summed E-state index contributed by atoms with van der Waals surface area (Å²) in [5.74, 6) is -0.500. The highest BCUT2D eigenvalue weighted by atomic mass is 28.3. The minimum absolute atomic E-state index is 0.00292. The first kappa shape index (κ1) is 29.0. The van der Waals surface area contributed by atoms with Crippen molar-refractivity contribution < 1.29 is 23.4 Å². The molecule has 210 valence electrons. The quantitative estimate of drug-likeness (QED) is 0.134. The van der Waals surface area contributed by atoms with E-state index < -0.39 is 19.8 Å². The molecule has 0 aliphatic rings. The monoisotopic (exact) mass is 563 g/mol. The molecule has 0 saturated carbocycles. The summed E-state index contributed by atoms with van der Waals surface area (Å²) in [5.41, 5.74) is 1.50. The van der Waals surface area contributed by atoms with Crippen LogP contribution in [0.2, 0.25) is 25.7 Å². The van der Waals surface area contributed by atoms with Gasteiger partial charge in [-0.2, -0.15) is 0 Å². The van der Waals surface area contributed by atoms with Crippen LogP contribution in [-0.2, 0) is 17.7 Å². The molecule has 0 radical (unpaired) electrons. The molecule has 1 N–H and O–H groups in total. The van der Waals surface area contributed by atoms with E-state index in [0.29, 0.717) is 30.8 Å². The summed E-state index contributed by atoms with van der Waals surface area (Å²) in [7, 11) is 0.381. The van der Waals surface area contributed by atoms with Crippen molar-refractivity contribution >= 4 is 30.6 Å². The fraction of sp³-hybridized carbons (Fsp3) is 0.300. The number of amides is 1. The molecule has 0 spiro atoms. The number of fused-ring (bicyclic) bond motifs is 1. The Bertz CT molecular complexity index is 1550. The van der Waals surface area contributed by atoms with Gasteiger partial charge in [0.15, 0.2) is 18.4 Å². The van der Waals surface area contributed by atoms with E-state index in [-0.39, 0.29) is 29.1 Å². The summed E-state index contributed by atoms with van der Waals surface area (Å²) in [5, 5.41) is 3.01. The number of nitrogens with one attached hydrogen (secondary N) is 1. The molecule has 4 aromatic rings. The van der Waals surface area contributed by atoms with Gasteiger partial charge in [0.05, 0.1) is 30.0 Å². The molecule has 0 atom stereocenters. The zero-order valence-electron chi connectivity index (χ0n) is 23.2. The Kier molecular flexibility index (Phi) is 9.33. The van der Waals surface area contributed by atoms with E-state index in [4.69, 9.17) is 14.2 Å². The molecular formula is C30H34FN3O5Si. The Morgan fingerprint density at radius 3 is 2.60 bits per heavy atom. The Hall–Kier alpha value is -4.02. The lowest BCUT2D eigenvalue weighted by atomic mass is 10.1. The molecule has 1 aromatic heterocycles. The second kappa shape index (κ2) is 12.9. The Labute approximate surface area is 233 Å². The minimum atomic E-state index is -1.22. The highest BCUT2D eigenvalue weighted by Crippen LogP contribution is 2.23. The molecule has 0 bridgehead atoms. The third kappa shape index (κ3) is 7.33. The zero-order chi connectivity index (χ0) is 28.7. The Morgan fingerprint density at radius 1 is 1.05 bits per heavy atom. The van der Waals surface area contributed by atoms with E-state index in [9.17, 15) is 14.0 Å². The predicted octanol–water partition coefficient (Wildman–Crippen LogP) is 5.73. The SMILES string of the molecule is COc1ccccc1CCn1cnc2cccc(NC(=O)c3ccc(OCOCC[Si](C)(C)C)c(F)c3)c2c1=O. The van der Waals surface area contributed by atoms with E-state index in [0.717, 1.165) is 23.4 Å². The topological polar surface area (TPSA) is 91.7 Å². The van der Waals surface area contributed by atoms with Gasteiger partial charge in [0, 0.05) is 26.8 Å². The summed E-state index contributed by atoms with van der Waals surface area (Å²) >= 11 is 0. The van der Waals surface area contributed by atoms with Crippen LogP contribution in [0.4, 0.5) is 10.1 Å². The van der Waals surface area contributed by atoms with Crippen LogP contribution in [-0.4, -0.2) is 44.0 Å². The summed E-state index contributed by atoms with van der Waals surface area (Å²) in [6.45, 7) is 7.59. The standard InChI is InChI=1S/C30H34FN3O5Si/c1-37-26-11-6-5-8-21(26)14-15-34-19-32-24-9-7-10-25(28(24)30(34)36)33-29(35)22-12-13-27(23(31)18-22)39-20-38-16-17-40(2,3)4/h5-13,18-19H,14-17,20H2,1-4H3,(H,33,35). The van der Waals surface area contributed by atoms with Gasteiger partial charge in [-0.05, 0) is 54.4 Å². The number of hydrogen-bond donors (Lipinski definition) is 1. The summed E-state index contributed by atoms with van der Waals surface area (Å²) in [4.78, 5) is 30.8. The van der Waals surface area contributed by atoms with Gasteiger partial charge in [0.25, 0.3) is 11.5 Å². The lowest BCUT2D eigenvalue weighted by Gasteiger charge is -2.15. The van der Waals surface area contributed by atoms with Gasteiger partial charge >= 0.3 is 0 Å². The molecule has 0 aliphatic heterocycles. The number of para-hydroxylation sites is 1. The number of rotatable bonds is 12. The Balaban J connectivity index is 1.46. The van der Waals surface area contributed by atoms with Crippen molar-refractivity contribution in [2.75, 3.05) is 25.8 Å². The lowest BCUT2D eigenvalue weighted by molar-refractivity contribution is 0.0197. The van der Waals surface area contributed by atoms with Crippen LogP contribution in [0, 0.1) is 5.82 Å².